The summed E-state index contributed by atoms with van der Waals surface area (Å²) in [5.41, 5.74) is 3.57. The minimum atomic E-state index is 0.600. The van der Waals surface area contributed by atoms with E-state index in [0.717, 1.165) is 43.8 Å². The van der Waals surface area contributed by atoms with Crippen LogP contribution in [0.3, 0.4) is 0 Å². The Morgan fingerprint density at radius 2 is 1.42 bits per heavy atom. The molecule has 0 amide bonds. The van der Waals surface area contributed by atoms with Crippen molar-refractivity contribution in [3.63, 3.8) is 0 Å². The van der Waals surface area contributed by atoms with E-state index in [-0.39, 0.29) is 0 Å². The Morgan fingerprint density at radius 3 is 2.27 bits per heavy atom. The quantitative estimate of drug-likeness (QED) is 0.335. The van der Waals surface area contributed by atoms with E-state index in [1.807, 2.05) is 42.6 Å². The number of pyridine rings is 2. The Hall–Kier alpha value is -3.40. The molecule has 26 heavy (non-hydrogen) atoms. The summed E-state index contributed by atoms with van der Waals surface area (Å²) in [5.74, 6) is 0.600. The van der Waals surface area contributed by atoms with Crippen molar-refractivity contribution in [1.29, 1.82) is 0 Å². The molecule has 0 bridgehead atoms. The van der Waals surface area contributed by atoms with Crippen LogP contribution in [0.4, 0.5) is 0 Å². The second kappa shape index (κ2) is 5.85. The van der Waals surface area contributed by atoms with Crippen LogP contribution < -0.4 is 4.65 Å². The Balaban J connectivity index is 1.90. The highest BCUT2D eigenvalue weighted by atomic mass is 16.4. The summed E-state index contributed by atoms with van der Waals surface area (Å²) in [7, 11) is 5.43. The molecule has 2 radical (unpaired) electrons. The fourth-order valence-corrected chi connectivity index (χ4v) is 3.46. The molecular formula is C22H13BN2O. The van der Waals surface area contributed by atoms with Crippen molar-refractivity contribution in [3.8, 4) is 17.0 Å². The van der Waals surface area contributed by atoms with Crippen molar-refractivity contribution in [2.24, 2.45) is 0 Å². The number of benzene rings is 3. The number of hydrogen-bond acceptors (Lipinski definition) is 3. The van der Waals surface area contributed by atoms with Gasteiger partial charge in [0.25, 0.3) is 0 Å². The lowest BCUT2D eigenvalue weighted by molar-refractivity contribution is 0.618. The number of aromatic nitrogens is 2. The van der Waals surface area contributed by atoms with Crippen molar-refractivity contribution in [2.75, 3.05) is 0 Å². The van der Waals surface area contributed by atoms with Crippen LogP contribution in [0.2, 0.25) is 0 Å². The molecule has 5 rings (SSSR count). The van der Waals surface area contributed by atoms with E-state index in [1.165, 1.54) is 0 Å². The first-order valence-electron chi connectivity index (χ1n) is 8.38. The maximum absolute atomic E-state index is 5.43. The maximum atomic E-state index is 5.43. The topological polar surface area (TPSA) is 35.0 Å². The summed E-state index contributed by atoms with van der Waals surface area (Å²) < 4.78 is 5.02. The molecule has 5 aromatic rings. The van der Waals surface area contributed by atoms with Gasteiger partial charge in [0, 0.05) is 27.9 Å². The predicted octanol–water partition coefficient (Wildman–Crippen LogP) is 5.07. The molecular weight excluding hydrogens is 319 g/mol. The zero-order chi connectivity index (χ0) is 17.5. The largest absolute Gasteiger partial charge is 0.567 e. The van der Waals surface area contributed by atoms with Gasteiger partial charge < -0.3 is 4.65 Å². The van der Waals surface area contributed by atoms with E-state index in [0.29, 0.717) is 5.75 Å². The van der Waals surface area contributed by atoms with Crippen LogP contribution in [0.15, 0.2) is 79.0 Å². The summed E-state index contributed by atoms with van der Waals surface area (Å²) in [6, 6.07) is 24.1. The second-order valence-corrected chi connectivity index (χ2v) is 6.19. The van der Waals surface area contributed by atoms with E-state index < -0.39 is 0 Å². The van der Waals surface area contributed by atoms with Gasteiger partial charge in [-0.15, -0.1) is 0 Å². The molecule has 0 atom stereocenters. The number of hydrogen-bond donors (Lipinski definition) is 0. The minimum Gasteiger partial charge on any atom is -0.567 e. The first-order chi connectivity index (χ1) is 12.8. The highest BCUT2D eigenvalue weighted by Crippen LogP contribution is 2.33. The van der Waals surface area contributed by atoms with E-state index in [2.05, 4.69) is 41.4 Å². The van der Waals surface area contributed by atoms with Gasteiger partial charge in [-0.25, -0.2) is 4.98 Å². The molecule has 0 saturated heterocycles. The number of nitrogens with zero attached hydrogens (tertiary/aromatic N) is 2. The van der Waals surface area contributed by atoms with Gasteiger partial charge in [-0.3, -0.25) is 4.98 Å². The molecule has 3 nitrogen and oxygen atoms in total. The fraction of sp³-hybridized carbons (Fsp3) is 0. The summed E-state index contributed by atoms with van der Waals surface area (Å²) in [6.45, 7) is 0. The van der Waals surface area contributed by atoms with Gasteiger partial charge in [0.05, 0.1) is 16.7 Å². The lowest BCUT2D eigenvalue weighted by atomic mass is 10.0. The Labute approximate surface area is 151 Å². The molecule has 120 valence electrons. The van der Waals surface area contributed by atoms with Gasteiger partial charge >= 0.3 is 8.05 Å². The highest BCUT2D eigenvalue weighted by molar-refractivity contribution is 6.17. The van der Waals surface area contributed by atoms with Crippen LogP contribution in [0.5, 0.6) is 5.75 Å². The maximum Gasteiger partial charge on any atom is 0.374 e. The van der Waals surface area contributed by atoms with Crippen LogP contribution in [0.25, 0.3) is 43.8 Å². The fourth-order valence-electron chi connectivity index (χ4n) is 3.46. The molecule has 3 aromatic carbocycles. The lowest BCUT2D eigenvalue weighted by Gasteiger charge is -2.11. The normalized spacial score (nSPS) is 11.2. The van der Waals surface area contributed by atoms with Gasteiger partial charge in [0.15, 0.2) is 0 Å². The Morgan fingerprint density at radius 1 is 0.692 bits per heavy atom. The monoisotopic (exact) mass is 332 g/mol. The van der Waals surface area contributed by atoms with Crippen molar-refractivity contribution < 1.29 is 4.65 Å². The molecule has 0 N–H and O–H groups in total. The summed E-state index contributed by atoms with van der Waals surface area (Å²) in [6.07, 6.45) is 1.82. The third-order valence-corrected chi connectivity index (χ3v) is 4.70. The van der Waals surface area contributed by atoms with Gasteiger partial charge in [-0.2, -0.15) is 0 Å². The van der Waals surface area contributed by atoms with E-state index in [4.69, 9.17) is 17.7 Å². The van der Waals surface area contributed by atoms with Crippen LogP contribution in [-0.4, -0.2) is 18.0 Å². The SMILES string of the molecule is [B]Oc1ccccc1-c1ccc2ccc3ccc4cccnc4c3c2n1. The van der Waals surface area contributed by atoms with Gasteiger partial charge in [0.2, 0.25) is 0 Å². The molecule has 2 aromatic heterocycles. The molecule has 0 aliphatic heterocycles. The molecule has 0 aliphatic carbocycles. The van der Waals surface area contributed by atoms with Gasteiger partial charge in [-0.1, -0.05) is 48.5 Å². The van der Waals surface area contributed by atoms with Crippen molar-refractivity contribution in [3.05, 3.63) is 79.0 Å². The van der Waals surface area contributed by atoms with Gasteiger partial charge in [-0.05, 0) is 29.7 Å². The Bertz CT molecular complexity index is 1280. The molecule has 0 unspecified atom stereocenters. The summed E-state index contributed by atoms with van der Waals surface area (Å²) in [4.78, 5) is 9.57. The first-order valence-corrected chi connectivity index (χ1v) is 8.38. The zero-order valence-electron chi connectivity index (χ0n) is 13.9. The van der Waals surface area contributed by atoms with Crippen LogP contribution in [0, 0.1) is 0 Å². The van der Waals surface area contributed by atoms with Gasteiger partial charge in [0.1, 0.15) is 5.75 Å². The summed E-state index contributed by atoms with van der Waals surface area (Å²) >= 11 is 0. The standard InChI is InChI=1S/C22H13BN2O/c23-26-19-6-2-1-5-17(19)18-12-11-16-10-8-14-7-9-15-4-3-13-24-21(15)20(14)22(16)25-18/h1-13H. The number of para-hydroxylation sites is 1. The van der Waals surface area contributed by atoms with Crippen LogP contribution in [0.1, 0.15) is 0 Å². The molecule has 0 spiro atoms. The molecule has 2 heterocycles. The predicted molar refractivity (Wildman–Crippen MR) is 106 cm³/mol. The molecule has 0 aliphatic rings. The zero-order valence-corrected chi connectivity index (χ0v) is 13.9. The molecule has 0 fully saturated rings. The van der Waals surface area contributed by atoms with Crippen molar-refractivity contribution >= 4 is 40.6 Å². The van der Waals surface area contributed by atoms with E-state index in [9.17, 15) is 0 Å². The second-order valence-electron chi connectivity index (χ2n) is 6.19. The highest BCUT2D eigenvalue weighted by Gasteiger charge is 2.11. The lowest BCUT2D eigenvalue weighted by Crippen LogP contribution is -1.92. The van der Waals surface area contributed by atoms with Crippen molar-refractivity contribution in [2.45, 2.75) is 0 Å². The Kier molecular flexibility index (Phi) is 3.35. The number of rotatable bonds is 2. The summed E-state index contributed by atoms with van der Waals surface area (Å²) in [5, 5.41) is 4.36. The van der Waals surface area contributed by atoms with E-state index >= 15 is 0 Å². The third kappa shape index (κ3) is 2.23. The molecule has 0 saturated carbocycles. The molecule has 4 heteroatoms. The minimum absolute atomic E-state index is 0.600. The third-order valence-electron chi connectivity index (χ3n) is 4.70. The van der Waals surface area contributed by atoms with Crippen LogP contribution >= 0.6 is 0 Å². The first kappa shape index (κ1) is 14.9. The van der Waals surface area contributed by atoms with Crippen molar-refractivity contribution in [1.82, 2.24) is 9.97 Å². The average molecular weight is 332 g/mol. The average Bonchev–Trinajstić information content (AvgIpc) is 2.72. The number of fused-ring (bicyclic) bond motifs is 5. The smallest absolute Gasteiger partial charge is 0.374 e. The van der Waals surface area contributed by atoms with E-state index in [1.54, 1.807) is 0 Å². The van der Waals surface area contributed by atoms with Crippen LogP contribution in [-0.2, 0) is 0 Å².